The van der Waals surface area contributed by atoms with Crippen molar-refractivity contribution in [2.75, 3.05) is 20.2 Å². The van der Waals surface area contributed by atoms with Gasteiger partial charge in [-0.1, -0.05) is 36.4 Å². The second-order valence-electron chi connectivity index (χ2n) is 7.31. The number of methoxy groups -OCH3 is 1. The van der Waals surface area contributed by atoms with Gasteiger partial charge in [-0.2, -0.15) is 4.31 Å². The third-order valence-corrected chi connectivity index (χ3v) is 7.19. The molecule has 1 atom stereocenters. The number of benzene rings is 2. The lowest BCUT2D eigenvalue weighted by atomic mass is 9.94. The van der Waals surface area contributed by atoms with E-state index in [4.69, 9.17) is 4.74 Å². The Balaban J connectivity index is 1.50. The van der Waals surface area contributed by atoms with Crippen molar-refractivity contribution in [1.29, 1.82) is 0 Å². The lowest BCUT2D eigenvalue weighted by molar-refractivity contribution is -0.121. The molecular formula is C22H28N2O4S. The normalized spacial score (nSPS) is 17.6. The molecule has 3 rings (SSSR count). The average Bonchev–Trinajstić information content (AvgIpc) is 2.77. The lowest BCUT2D eigenvalue weighted by Crippen LogP contribution is -2.40. The maximum absolute atomic E-state index is 12.8. The predicted octanol–water partition coefficient (Wildman–Crippen LogP) is 3.19. The van der Waals surface area contributed by atoms with Gasteiger partial charge in [0, 0.05) is 31.6 Å². The van der Waals surface area contributed by atoms with Gasteiger partial charge in [0.15, 0.2) is 0 Å². The highest BCUT2D eigenvalue weighted by atomic mass is 32.2. The first-order chi connectivity index (χ1) is 14.0. The summed E-state index contributed by atoms with van der Waals surface area (Å²) >= 11 is 0. The Bertz CT molecular complexity index is 915. The van der Waals surface area contributed by atoms with Crippen LogP contribution in [0.2, 0.25) is 0 Å². The number of nitrogens with zero attached hydrogens (tertiary/aromatic N) is 1. The SMILES string of the molecule is COc1ccccc1CNC(=O)CCC1CCCN(S(=O)(=O)c2ccccc2)C1. The van der Waals surface area contributed by atoms with Crippen molar-refractivity contribution in [3.05, 3.63) is 60.2 Å². The van der Waals surface area contributed by atoms with E-state index in [1.807, 2.05) is 30.3 Å². The molecule has 156 valence electrons. The molecule has 6 nitrogen and oxygen atoms in total. The molecule has 1 N–H and O–H groups in total. The van der Waals surface area contributed by atoms with Gasteiger partial charge in [0.2, 0.25) is 15.9 Å². The summed E-state index contributed by atoms with van der Waals surface area (Å²) in [6, 6.07) is 16.1. The molecule has 0 aliphatic carbocycles. The van der Waals surface area contributed by atoms with Crippen LogP contribution in [0.15, 0.2) is 59.5 Å². The predicted molar refractivity (Wildman–Crippen MR) is 112 cm³/mol. The molecule has 0 radical (unpaired) electrons. The summed E-state index contributed by atoms with van der Waals surface area (Å²) in [7, 11) is -1.86. The van der Waals surface area contributed by atoms with Gasteiger partial charge in [-0.3, -0.25) is 4.79 Å². The minimum Gasteiger partial charge on any atom is -0.496 e. The van der Waals surface area contributed by atoms with Crippen LogP contribution >= 0.6 is 0 Å². The summed E-state index contributed by atoms with van der Waals surface area (Å²) in [5, 5.41) is 2.93. The van der Waals surface area contributed by atoms with Crippen LogP contribution in [0, 0.1) is 5.92 Å². The number of ether oxygens (including phenoxy) is 1. The van der Waals surface area contributed by atoms with Crippen LogP contribution in [0.1, 0.15) is 31.2 Å². The molecule has 1 fully saturated rings. The Morgan fingerprint density at radius 1 is 1.14 bits per heavy atom. The largest absolute Gasteiger partial charge is 0.496 e. The fourth-order valence-corrected chi connectivity index (χ4v) is 5.26. The summed E-state index contributed by atoms with van der Waals surface area (Å²) in [5.74, 6) is 0.917. The van der Waals surface area contributed by atoms with E-state index in [-0.39, 0.29) is 11.8 Å². The van der Waals surface area contributed by atoms with E-state index in [1.165, 1.54) is 0 Å². The zero-order valence-electron chi connectivity index (χ0n) is 16.7. The number of para-hydroxylation sites is 1. The Kier molecular flexibility index (Phi) is 7.28. The number of hydrogen-bond acceptors (Lipinski definition) is 4. The number of nitrogens with one attached hydrogen (secondary N) is 1. The molecule has 7 heteroatoms. The number of amides is 1. The topological polar surface area (TPSA) is 75.7 Å². The third-order valence-electron chi connectivity index (χ3n) is 5.31. The number of carbonyl (C=O) groups is 1. The molecule has 1 aliphatic heterocycles. The highest BCUT2D eigenvalue weighted by Crippen LogP contribution is 2.26. The quantitative estimate of drug-likeness (QED) is 0.717. The van der Waals surface area contributed by atoms with E-state index in [9.17, 15) is 13.2 Å². The van der Waals surface area contributed by atoms with E-state index in [1.54, 1.807) is 35.7 Å². The number of hydrogen-bond donors (Lipinski definition) is 1. The zero-order valence-corrected chi connectivity index (χ0v) is 17.5. The maximum Gasteiger partial charge on any atom is 0.243 e. The van der Waals surface area contributed by atoms with Crippen molar-refractivity contribution in [3.63, 3.8) is 0 Å². The fraction of sp³-hybridized carbons (Fsp3) is 0.409. The van der Waals surface area contributed by atoms with Crippen LogP contribution in [-0.2, 0) is 21.4 Å². The summed E-state index contributed by atoms with van der Waals surface area (Å²) in [5.41, 5.74) is 0.932. The first-order valence-electron chi connectivity index (χ1n) is 9.94. The Hall–Kier alpha value is -2.38. The van der Waals surface area contributed by atoms with E-state index in [2.05, 4.69) is 5.32 Å². The second kappa shape index (κ2) is 9.89. The molecule has 0 bridgehead atoms. The van der Waals surface area contributed by atoms with Gasteiger partial charge in [0.05, 0.1) is 12.0 Å². The first-order valence-corrected chi connectivity index (χ1v) is 11.4. The van der Waals surface area contributed by atoms with Crippen molar-refractivity contribution in [3.8, 4) is 5.75 Å². The summed E-state index contributed by atoms with van der Waals surface area (Å²) in [4.78, 5) is 12.6. The minimum atomic E-state index is -3.47. The molecule has 0 spiro atoms. The van der Waals surface area contributed by atoms with Gasteiger partial charge in [0.25, 0.3) is 0 Å². The van der Waals surface area contributed by atoms with E-state index < -0.39 is 10.0 Å². The zero-order chi connectivity index (χ0) is 20.7. The molecule has 1 unspecified atom stereocenters. The van der Waals surface area contributed by atoms with Crippen LogP contribution < -0.4 is 10.1 Å². The van der Waals surface area contributed by atoms with E-state index >= 15 is 0 Å². The minimum absolute atomic E-state index is 0.0288. The van der Waals surface area contributed by atoms with E-state index in [0.717, 1.165) is 24.2 Å². The monoisotopic (exact) mass is 416 g/mol. The molecule has 0 aromatic heterocycles. The number of rotatable bonds is 8. The number of sulfonamides is 1. The van der Waals surface area contributed by atoms with Crippen molar-refractivity contribution in [2.45, 2.75) is 37.1 Å². The van der Waals surface area contributed by atoms with Gasteiger partial charge < -0.3 is 10.1 Å². The molecule has 1 amide bonds. The van der Waals surface area contributed by atoms with Gasteiger partial charge in [-0.05, 0) is 43.4 Å². The van der Waals surface area contributed by atoms with Gasteiger partial charge >= 0.3 is 0 Å². The summed E-state index contributed by atoms with van der Waals surface area (Å²) < 4.78 is 32.5. The van der Waals surface area contributed by atoms with Gasteiger partial charge in [-0.15, -0.1) is 0 Å². The van der Waals surface area contributed by atoms with E-state index in [0.29, 0.717) is 37.4 Å². The van der Waals surface area contributed by atoms with Gasteiger partial charge in [-0.25, -0.2) is 8.42 Å². The molecule has 1 heterocycles. The summed E-state index contributed by atoms with van der Waals surface area (Å²) in [6.07, 6.45) is 2.83. The third kappa shape index (κ3) is 5.58. The van der Waals surface area contributed by atoms with Crippen molar-refractivity contribution >= 4 is 15.9 Å². The Morgan fingerprint density at radius 2 is 1.86 bits per heavy atom. The average molecular weight is 417 g/mol. The smallest absolute Gasteiger partial charge is 0.243 e. The first kappa shape index (κ1) is 21.3. The van der Waals surface area contributed by atoms with Crippen LogP contribution in [0.4, 0.5) is 0 Å². The van der Waals surface area contributed by atoms with Crippen LogP contribution in [0.3, 0.4) is 0 Å². The van der Waals surface area contributed by atoms with Crippen molar-refractivity contribution in [2.24, 2.45) is 5.92 Å². The molecule has 29 heavy (non-hydrogen) atoms. The summed E-state index contributed by atoms with van der Waals surface area (Å²) in [6.45, 7) is 1.42. The molecule has 2 aromatic carbocycles. The number of carbonyl (C=O) groups excluding carboxylic acids is 1. The lowest BCUT2D eigenvalue weighted by Gasteiger charge is -2.31. The fourth-order valence-electron chi connectivity index (χ4n) is 3.69. The molecule has 1 saturated heterocycles. The highest BCUT2D eigenvalue weighted by Gasteiger charge is 2.30. The van der Waals surface area contributed by atoms with Crippen LogP contribution in [-0.4, -0.2) is 38.8 Å². The van der Waals surface area contributed by atoms with Crippen LogP contribution in [0.5, 0.6) is 5.75 Å². The Morgan fingerprint density at radius 3 is 2.62 bits per heavy atom. The highest BCUT2D eigenvalue weighted by molar-refractivity contribution is 7.89. The number of piperidine rings is 1. The van der Waals surface area contributed by atoms with Crippen molar-refractivity contribution in [1.82, 2.24) is 9.62 Å². The molecule has 2 aromatic rings. The Labute approximate surface area is 172 Å². The molecule has 1 aliphatic rings. The van der Waals surface area contributed by atoms with Crippen molar-refractivity contribution < 1.29 is 17.9 Å². The van der Waals surface area contributed by atoms with Crippen LogP contribution in [0.25, 0.3) is 0 Å². The standard InChI is InChI=1S/C22H28N2O4S/c1-28-21-12-6-5-9-19(21)16-23-22(25)14-13-18-8-7-15-24(17-18)29(26,27)20-10-3-2-4-11-20/h2-6,9-12,18H,7-8,13-17H2,1H3,(H,23,25). The van der Waals surface area contributed by atoms with Gasteiger partial charge in [0.1, 0.15) is 5.75 Å². The molecular weight excluding hydrogens is 388 g/mol. The maximum atomic E-state index is 12.8. The molecule has 0 saturated carbocycles. The second-order valence-corrected chi connectivity index (χ2v) is 9.25.